The van der Waals surface area contributed by atoms with E-state index in [1.54, 1.807) is 11.5 Å². The van der Waals surface area contributed by atoms with Crippen LogP contribution in [0.2, 0.25) is 25.7 Å². The highest BCUT2D eigenvalue weighted by atomic mass is 28.3. The second-order valence-corrected chi connectivity index (χ2v) is 18.5. The van der Waals surface area contributed by atoms with E-state index in [-0.39, 0.29) is 31.0 Å². The molecule has 1 amide bonds. The molecule has 0 radical (unpaired) electrons. The Bertz CT molecular complexity index is 1840. The zero-order valence-corrected chi connectivity index (χ0v) is 27.2. The van der Waals surface area contributed by atoms with Crippen molar-refractivity contribution in [3.8, 4) is 17.3 Å². The minimum Gasteiger partial charge on any atom is -0.382 e. The summed E-state index contributed by atoms with van der Waals surface area (Å²) in [6.07, 6.45) is 0.106. The lowest BCUT2D eigenvalue weighted by atomic mass is 9.86. The lowest BCUT2D eigenvalue weighted by Crippen LogP contribution is -2.63. The maximum atomic E-state index is 15.1. The van der Waals surface area contributed by atoms with Crippen molar-refractivity contribution in [3.05, 3.63) is 54.1 Å². The van der Waals surface area contributed by atoms with Gasteiger partial charge < -0.3 is 25.3 Å². The van der Waals surface area contributed by atoms with Crippen LogP contribution in [0.3, 0.4) is 0 Å². The smallest absolute Gasteiger partial charge is 0.382 e. The Labute approximate surface area is 268 Å². The number of hydrogen-bond donors (Lipinski definition) is 2. The average molecular weight is 676 g/mol. The second kappa shape index (κ2) is 12.6. The summed E-state index contributed by atoms with van der Waals surface area (Å²) >= 11 is 0. The molecular weight excluding hydrogens is 641 g/mol. The molecule has 4 heterocycles. The molecule has 250 valence electrons. The molecular formula is C30H34F5N9O2Si. The fraction of sp³-hybridized carbons (Fsp3) is 0.433. The number of fused-ring (bicyclic) bond motifs is 1. The van der Waals surface area contributed by atoms with Crippen molar-refractivity contribution in [2.75, 3.05) is 30.3 Å². The van der Waals surface area contributed by atoms with Crippen LogP contribution in [-0.4, -0.2) is 70.2 Å². The molecule has 0 bridgehead atoms. The minimum atomic E-state index is -4.76. The maximum absolute atomic E-state index is 15.1. The summed E-state index contributed by atoms with van der Waals surface area (Å²) in [4.78, 5) is 22.5. The molecule has 3 N–H and O–H groups in total. The van der Waals surface area contributed by atoms with Gasteiger partial charge >= 0.3 is 6.18 Å². The first-order chi connectivity index (χ1) is 22.0. The molecule has 1 aliphatic rings. The standard InChI is InChI=1S/C30H34F5N9O2Si/c1-18(30(33,34)35)40-28(45)20-11-23(32)24(12-22(20)31)43-14-29(15-43,6-7-36)44-13-21(26(37)41-44)25-19-5-8-42(27(19)39-16-38-25)17-46-9-10-47(2,3)4/h5,8,11-13,16,18H,6,9-10,14-15,17H2,1-4H3,(H2,37,41)(H,40,45)/t18-/m0/s1. The van der Waals surface area contributed by atoms with E-state index in [1.165, 1.54) is 15.9 Å². The van der Waals surface area contributed by atoms with Gasteiger partial charge in [-0.1, -0.05) is 19.6 Å². The lowest BCUT2D eigenvalue weighted by Gasteiger charge is -2.50. The van der Waals surface area contributed by atoms with Gasteiger partial charge in [0.15, 0.2) is 5.82 Å². The number of anilines is 2. The highest BCUT2D eigenvalue weighted by Crippen LogP contribution is 2.40. The Morgan fingerprint density at radius 2 is 1.94 bits per heavy atom. The third-order valence-electron chi connectivity index (χ3n) is 8.11. The molecule has 11 nitrogen and oxygen atoms in total. The van der Waals surface area contributed by atoms with Crippen LogP contribution < -0.4 is 16.0 Å². The number of carbonyl (C=O) groups excluding carboxylic acids is 1. The summed E-state index contributed by atoms with van der Waals surface area (Å²) in [6, 6.07) is 4.04. The molecule has 1 atom stereocenters. The van der Waals surface area contributed by atoms with Gasteiger partial charge in [-0.25, -0.2) is 18.7 Å². The zero-order valence-electron chi connectivity index (χ0n) is 26.2. The topological polar surface area (TPSA) is 140 Å². The Kier molecular flexibility index (Phi) is 9.03. The second-order valence-electron chi connectivity index (χ2n) is 12.9. The summed E-state index contributed by atoms with van der Waals surface area (Å²) in [5.74, 6) is -3.47. The predicted octanol–water partition coefficient (Wildman–Crippen LogP) is 5.28. The first kappa shape index (κ1) is 33.8. The average Bonchev–Trinajstić information content (AvgIpc) is 3.56. The van der Waals surface area contributed by atoms with Gasteiger partial charge in [0.2, 0.25) is 0 Å². The maximum Gasteiger partial charge on any atom is 0.408 e. The molecule has 1 fully saturated rings. The van der Waals surface area contributed by atoms with E-state index < -0.39 is 48.9 Å². The van der Waals surface area contributed by atoms with Crippen LogP contribution in [0.4, 0.5) is 33.5 Å². The number of hydrogen-bond acceptors (Lipinski definition) is 8. The number of carbonyl (C=O) groups is 1. The number of ether oxygens (including phenoxy) is 1. The quantitative estimate of drug-likeness (QED) is 0.124. The lowest BCUT2D eigenvalue weighted by molar-refractivity contribution is -0.149. The normalized spacial score (nSPS) is 15.4. The Hall–Kier alpha value is -4.56. The molecule has 0 spiro atoms. The fourth-order valence-corrected chi connectivity index (χ4v) is 6.06. The number of nitrogens with one attached hydrogen (secondary N) is 1. The first-order valence-electron chi connectivity index (χ1n) is 14.7. The van der Waals surface area contributed by atoms with Crippen molar-refractivity contribution < 1.29 is 31.5 Å². The fourth-order valence-electron chi connectivity index (χ4n) is 5.30. The molecule has 0 saturated carbocycles. The summed E-state index contributed by atoms with van der Waals surface area (Å²) in [5.41, 5.74) is 5.94. The van der Waals surface area contributed by atoms with Crippen LogP contribution in [0, 0.1) is 23.0 Å². The molecule has 4 aromatic rings. The van der Waals surface area contributed by atoms with Gasteiger partial charge in [0.05, 0.1) is 35.0 Å². The van der Waals surface area contributed by atoms with Gasteiger partial charge in [-0.3, -0.25) is 9.48 Å². The highest BCUT2D eigenvalue weighted by Gasteiger charge is 2.47. The van der Waals surface area contributed by atoms with Crippen LogP contribution in [0.1, 0.15) is 23.7 Å². The van der Waals surface area contributed by atoms with Crippen molar-refractivity contribution in [1.82, 2.24) is 29.6 Å². The number of benzene rings is 1. The van der Waals surface area contributed by atoms with Crippen LogP contribution >= 0.6 is 0 Å². The molecule has 3 aromatic heterocycles. The Morgan fingerprint density at radius 1 is 1.21 bits per heavy atom. The number of rotatable bonds is 11. The van der Waals surface area contributed by atoms with E-state index in [1.807, 2.05) is 16.8 Å². The third-order valence-corrected chi connectivity index (χ3v) is 9.81. The summed E-state index contributed by atoms with van der Waals surface area (Å²) < 4.78 is 77.8. The van der Waals surface area contributed by atoms with E-state index in [0.717, 1.165) is 12.1 Å². The Balaban J connectivity index is 1.36. The Morgan fingerprint density at radius 3 is 2.60 bits per heavy atom. The number of nitriles is 1. The number of halogens is 5. The molecule has 0 aliphatic carbocycles. The number of amides is 1. The van der Waals surface area contributed by atoms with Crippen LogP contribution in [0.25, 0.3) is 22.3 Å². The predicted molar refractivity (Wildman–Crippen MR) is 167 cm³/mol. The monoisotopic (exact) mass is 675 g/mol. The number of nitrogens with two attached hydrogens (primary N) is 1. The van der Waals surface area contributed by atoms with E-state index in [2.05, 4.69) is 40.8 Å². The summed E-state index contributed by atoms with van der Waals surface area (Å²) in [7, 11) is -1.24. The molecule has 1 aliphatic heterocycles. The molecule has 0 unspecified atom stereocenters. The van der Waals surface area contributed by atoms with E-state index in [9.17, 15) is 27.6 Å². The van der Waals surface area contributed by atoms with Gasteiger partial charge in [0, 0.05) is 51.6 Å². The van der Waals surface area contributed by atoms with Crippen molar-refractivity contribution >= 4 is 36.5 Å². The first-order valence-corrected chi connectivity index (χ1v) is 18.5. The largest absolute Gasteiger partial charge is 0.408 e. The molecule has 47 heavy (non-hydrogen) atoms. The summed E-state index contributed by atoms with van der Waals surface area (Å²) in [5, 5.41) is 16.4. The van der Waals surface area contributed by atoms with Gasteiger partial charge in [0.1, 0.15) is 41.9 Å². The minimum absolute atomic E-state index is 0.0262. The number of alkyl halides is 3. The van der Waals surface area contributed by atoms with E-state index in [0.29, 0.717) is 48.6 Å². The van der Waals surface area contributed by atoms with Crippen molar-refractivity contribution in [3.63, 3.8) is 0 Å². The molecule has 1 aromatic carbocycles. The van der Waals surface area contributed by atoms with Crippen molar-refractivity contribution in [1.29, 1.82) is 5.26 Å². The molecule has 5 rings (SSSR count). The van der Waals surface area contributed by atoms with Crippen molar-refractivity contribution in [2.45, 2.75) is 63.5 Å². The van der Waals surface area contributed by atoms with E-state index >= 15 is 4.39 Å². The van der Waals surface area contributed by atoms with Crippen LogP contribution in [0.5, 0.6) is 0 Å². The highest BCUT2D eigenvalue weighted by molar-refractivity contribution is 6.76. The molecule has 17 heteroatoms. The number of nitrogens with zero attached hydrogens (tertiary/aromatic N) is 7. The zero-order chi connectivity index (χ0) is 34.3. The third kappa shape index (κ3) is 6.93. The van der Waals surface area contributed by atoms with Gasteiger partial charge in [-0.05, 0) is 25.1 Å². The SMILES string of the molecule is C[C@H](NC(=O)c1cc(F)c(N2CC(CC#N)(n3cc(-c4ncnc5c4ccn5COCC[Si](C)(C)C)c(N)n3)C2)cc1F)C(F)(F)F. The van der Waals surface area contributed by atoms with Gasteiger partial charge in [-0.15, -0.1) is 0 Å². The van der Waals surface area contributed by atoms with Gasteiger partial charge in [-0.2, -0.15) is 23.5 Å². The summed E-state index contributed by atoms with van der Waals surface area (Å²) in [6.45, 7) is 8.53. The number of aromatic nitrogens is 5. The molecule has 1 saturated heterocycles. The number of nitrogen functional groups attached to an aromatic ring is 1. The van der Waals surface area contributed by atoms with Crippen molar-refractivity contribution in [2.24, 2.45) is 0 Å². The van der Waals surface area contributed by atoms with Gasteiger partial charge in [0.25, 0.3) is 5.91 Å². The van der Waals surface area contributed by atoms with Crippen LogP contribution in [0.15, 0.2) is 36.9 Å². The van der Waals surface area contributed by atoms with E-state index in [4.69, 9.17) is 10.5 Å². The van der Waals surface area contributed by atoms with Crippen LogP contribution in [-0.2, 0) is 17.0 Å².